The standard InChI is InChI=1S/C11H10BrN3O/c1-7-2-4-8(5-3-7)15-10-9(12)11(16)14-6-13-10/h2-6H,1H3,(H2,13,14,15,16). The molecule has 0 aliphatic rings. The van der Waals surface area contributed by atoms with E-state index >= 15 is 0 Å². The lowest BCUT2D eigenvalue weighted by Gasteiger charge is -2.06. The number of H-pyrrole nitrogens is 1. The van der Waals surface area contributed by atoms with Crippen LogP contribution in [0.3, 0.4) is 0 Å². The first kappa shape index (κ1) is 10.9. The van der Waals surface area contributed by atoms with Gasteiger partial charge in [-0.05, 0) is 35.0 Å². The predicted molar refractivity (Wildman–Crippen MR) is 67.0 cm³/mol. The first-order valence-electron chi connectivity index (χ1n) is 4.73. The maximum Gasteiger partial charge on any atom is 0.267 e. The maximum atomic E-state index is 11.3. The second-order valence-electron chi connectivity index (χ2n) is 3.39. The Morgan fingerprint density at radius 1 is 1.31 bits per heavy atom. The van der Waals surface area contributed by atoms with Gasteiger partial charge < -0.3 is 10.3 Å². The molecule has 1 aromatic heterocycles. The summed E-state index contributed by atoms with van der Waals surface area (Å²) in [6.45, 7) is 2.02. The summed E-state index contributed by atoms with van der Waals surface area (Å²) in [5, 5.41) is 3.06. The van der Waals surface area contributed by atoms with E-state index in [-0.39, 0.29) is 5.56 Å². The monoisotopic (exact) mass is 279 g/mol. The predicted octanol–water partition coefficient (Wildman–Crippen LogP) is 2.58. The molecule has 82 valence electrons. The maximum absolute atomic E-state index is 11.3. The topological polar surface area (TPSA) is 57.8 Å². The summed E-state index contributed by atoms with van der Waals surface area (Å²) >= 11 is 3.18. The van der Waals surface area contributed by atoms with Gasteiger partial charge in [0.05, 0.1) is 6.33 Å². The van der Waals surface area contributed by atoms with E-state index in [4.69, 9.17) is 0 Å². The van der Waals surface area contributed by atoms with Crippen molar-refractivity contribution >= 4 is 27.4 Å². The Hall–Kier alpha value is -1.62. The number of halogens is 1. The summed E-state index contributed by atoms with van der Waals surface area (Å²) in [5.41, 5.74) is 1.87. The highest BCUT2D eigenvalue weighted by atomic mass is 79.9. The van der Waals surface area contributed by atoms with Gasteiger partial charge in [0.15, 0.2) is 5.82 Å². The van der Waals surface area contributed by atoms with Gasteiger partial charge in [0, 0.05) is 5.69 Å². The molecule has 16 heavy (non-hydrogen) atoms. The molecule has 2 aromatic rings. The highest BCUT2D eigenvalue weighted by Crippen LogP contribution is 2.19. The fraction of sp³-hybridized carbons (Fsp3) is 0.0909. The summed E-state index contributed by atoms with van der Waals surface area (Å²) in [6.07, 6.45) is 1.36. The van der Waals surface area contributed by atoms with Gasteiger partial charge >= 0.3 is 0 Å². The number of benzene rings is 1. The van der Waals surface area contributed by atoms with Gasteiger partial charge in [0.25, 0.3) is 5.56 Å². The number of aromatic amines is 1. The van der Waals surface area contributed by atoms with E-state index in [1.54, 1.807) is 0 Å². The lowest BCUT2D eigenvalue weighted by atomic mass is 10.2. The molecule has 1 aromatic carbocycles. The zero-order chi connectivity index (χ0) is 11.5. The molecule has 0 unspecified atom stereocenters. The molecule has 0 aliphatic carbocycles. The molecule has 2 N–H and O–H groups in total. The zero-order valence-corrected chi connectivity index (χ0v) is 10.2. The molecule has 0 radical (unpaired) electrons. The zero-order valence-electron chi connectivity index (χ0n) is 8.62. The number of aryl methyl sites for hydroxylation is 1. The Balaban J connectivity index is 2.30. The van der Waals surface area contributed by atoms with Gasteiger partial charge in [0.1, 0.15) is 4.47 Å². The Labute approximate surface area is 101 Å². The molecule has 1 heterocycles. The number of nitrogens with zero attached hydrogens (tertiary/aromatic N) is 1. The summed E-state index contributed by atoms with van der Waals surface area (Å²) in [4.78, 5) is 17.8. The van der Waals surface area contributed by atoms with Crippen molar-refractivity contribution in [2.24, 2.45) is 0 Å². The smallest absolute Gasteiger partial charge is 0.267 e. The molecule has 4 nitrogen and oxygen atoms in total. The van der Waals surface area contributed by atoms with E-state index in [0.717, 1.165) is 5.69 Å². The average Bonchev–Trinajstić information content (AvgIpc) is 2.28. The van der Waals surface area contributed by atoms with Crippen LogP contribution in [-0.4, -0.2) is 9.97 Å². The molecule has 0 atom stereocenters. The van der Waals surface area contributed by atoms with Crippen molar-refractivity contribution < 1.29 is 0 Å². The van der Waals surface area contributed by atoms with Gasteiger partial charge in [-0.25, -0.2) is 4.98 Å². The summed E-state index contributed by atoms with van der Waals surface area (Å²) in [7, 11) is 0. The molecular weight excluding hydrogens is 270 g/mol. The number of rotatable bonds is 2. The number of anilines is 2. The van der Waals surface area contributed by atoms with Crippen LogP contribution in [0.1, 0.15) is 5.56 Å². The number of aromatic nitrogens is 2. The fourth-order valence-electron chi connectivity index (χ4n) is 1.24. The third kappa shape index (κ3) is 2.30. The first-order chi connectivity index (χ1) is 7.66. The SMILES string of the molecule is Cc1ccc(Nc2nc[nH]c(=O)c2Br)cc1. The minimum absolute atomic E-state index is 0.204. The number of hydrogen-bond acceptors (Lipinski definition) is 3. The van der Waals surface area contributed by atoms with Crippen molar-refractivity contribution in [3.63, 3.8) is 0 Å². The third-order valence-corrected chi connectivity index (χ3v) is 2.85. The van der Waals surface area contributed by atoms with Crippen LogP contribution >= 0.6 is 15.9 Å². The van der Waals surface area contributed by atoms with Crippen molar-refractivity contribution in [1.82, 2.24) is 9.97 Å². The lowest BCUT2D eigenvalue weighted by molar-refractivity contribution is 1.10. The average molecular weight is 280 g/mol. The van der Waals surface area contributed by atoms with Gasteiger partial charge in [-0.15, -0.1) is 0 Å². The molecule has 0 spiro atoms. The van der Waals surface area contributed by atoms with Crippen molar-refractivity contribution in [1.29, 1.82) is 0 Å². The van der Waals surface area contributed by atoms with Crippen LogP contribution < -0.4 is 10.9 Å². The van der Waals surface area contributed by atoms with E-state index in [9.17, 15) is 4.79 Å². The van der Waals surface area contributed by atoms with Gasteiger partial charge in [-0.2, -0.15) is 0 Å². The molecule has 0 saturated carbocycles. The van der Waals surface area contributed by atoms with E-state index in [0.29, 0.717) is 10.3 Å². The van der Waals surface area contributed by atoms with Crippen molar-refractivity contribution in [3.8, 4) is 0 Å². The van der Waals surface area contributed by atoms with Gasteiger partial charge in [-0.3, -0.25) is 4.79 Å². The molecule has 0 aliphatic heterocycles. The molecule has 0 bridgehead atoms. The van der Waals surface area contributed by atoms with E-state index in [1.165, 1.54) is 11.9 Å². The third-order valence-electron chi connectivity index (χ3n) is 2.11. The van der Waals surface area contributed by atoms with Crippen molar-refractivity contribution in [3.05, 3.63) is 51.0 Å². The molecule has 2 rings (SSSR count). The first-order valence-corrected chi connectivity index (χ1v) is 5.53. The van der Waals surface area contributed by atoms with Crippen LogP contribution in [0.25, 0.3) is 0 Å². The Morgan fingerprint density at radius 2 is 2.00 bits per heavy atom. The summed E-state index contributed by atoms with van der Waals surface area (Å²) in [6, 6.07) is 7.85. The van der Waals surface area contributed by atoms with Crippen LogP contribution in [0, 0.1) is 6.92 Å². The quantitative estimate of drug-likeness (QED) is 0.889. The van der Waals surface area contributed by atoms with Crippen LogP contribution in [0.2, 0.25) is 0 Å². The van der Waals surface area contributed by atoms with Crippen molar-refractivity contribution in [2.45, 2.75) is 6.92 Å². The van der Waals surface area contributed by atoms with Crippen LogP contribution in [-0.2, 0) is 0 Å². The highest BCUT2D eigenvalue weighted by Gasteiger charge is 2.04. The highest BCUT2D eigenvalue weighted by molar-refractivity contribution is 9.10. The van der Waals surface area contributed by atoms with Crippen molar-refractivity contribution in [2.75, 3.05) is 5.32 Å². The second kappa shape index (κ2) is 4.49. The Bertz CT molecular complexity index is 548. The van der Waals surface area contributed by atoms with Gasteiger partial charge in [0.2, 0.25) is 0 Å². The minimum atomic E-state index is -0.204. The Kier molecular flexibility index (Phi) is 3.05. The molecule has 0 fully saturated rings. The van der Waals surface area contributed by atoms with E-state index in [1.807, 2.05) is 31.2 Å². The molecule has 0 amide bonds. The normalized spacial score (nSPS) is 10.1. The number of hydrogen-bond donors (Lipinski definition) is 2. The van der Waals surface area contributed by atoms with E-state index < -0.39 is 0 Å². The fourth-order valence-corrected chi connectivity index (χ4v) is 1.56. The molecular formula is C11H10BrN3O. The Morgan fingerprint density at radius 3 is 2.69 bits per heavy atom. The van der Waals surface area contributed by atoms with Crippen LogP contribution in [0.15, 0.2) is 39.9 Å². The lowest BCUT2D eigenvalue weighted by Crippen LogP contribution is -2.09. The van der Waals surface area contributed by atoms with Crippen LogP contribution in [0.5, 0.6) is 0 Å². The van der Waals surface area contributed by atoms with Gasteiger partial charge in [-0.1, -0.05) is 17.7 Å². The largest absolute Gasteiger partial charge is 0.339 e. The molecule has 5 heteroatoms. The van der Waals surface area contributed by atoms with Crippen LogP contribution in [0.4, 0.5) is 11.5 Å². The minimum Gasteiger partial charge on any atom is -0.339 e. The summed E-state index contributed by atoms with van der Waals surface area (Å²) in [5.74, 6) is 0.507. The summed E-state index contributed by atoms with van der Waals surface area (Å²) < 4.78 is 0.399. The van der Waals surface area contributed by atoms with E-state index in [2.05, 4.69) is 31.2 Å². The molecule has 0 saturated heterocycles. The second-order valence-corrected chi connectivity index (χ2v) is 4.18. The number of nitrogens with one attached hydrogen (secondary N) is 2.